The minimum Gasteiger partial charge on any atom is -0.489 e. The zero-order chi connectivity index (χ0) is 37.8. The minimum absolute atomic E-state index is 0.105. The minimum atomic E-state index is -3.04. The van der Waals surface area contributed by atoms with Gasteiger partial charge in [-0.05, 0) is 88.7 Å². The molecule has 2 aliphatic rings. The second-order valence-electron chi connectivity index (χ2n) is 13.9. The Bertz CT molecular complexity index is 2390. The normalized spacial score (nSPS) is 15.8. The van der Waals surface area contributed by atoms with Gasteiger partial charge in [0.2, 0.25) is 0 Å². The molecule has 55 heavy (non-hydrogen) atoms. The Labute approximate surface area is 320 Å². The lowest BCUT2D eigenvalue weighted by Crippen LogP contribution is -2.33. The van der Waals surface area contributed by atoms with Crippen LogP contribution < -0.4 is 15.0 Å². The molecule has 2 atom stereocenters. The van der Waals surface area contributed by atoms with Crippen LogP contribution in [0.15, 0.2) is 149 Å². The topological polar surface area (TPSA) is 115 Å². The van der Waals surface area contributed by atoms with E-state index in [9.17, 15) is 13.8 Å². The quantitative estimate of drug-likeness (QED) is 0.149. The fraction of sp³-hybridized carbons (Fsp3) is 0.205. The van der Waals surface area contributed by atoms with Crippen LogP contribution in [0.3, 0.4) is 0 Å². The Kier molecular flexibility index (Phi) is 10.2. The van der Waals surface area contributed by atoms with E-state index in [1.54, 1.807) is 18.3 Å². The van der Waals surface area contributed by atoms with Crippen molar-refractivity contribution in [2.75, 3.05) is 37.4 Å². The summed E-state index contributed by atoms with van der Waals surface area (Å²) in [6.07, 6.45) is 4.88. The maximum Gasteiger partial charge on any atom is 0.442 e. The molecule has 0 saturated carbocycles. The molecular weight excluding hydrogens is 711 g/mol. The van der Waals surface area contributed by atoms with Crippen molar-refractivity contribution >= 4 is 27.5 Å². The van der Waals surface area contributed by atoms with E-state index >= 15 is 0 Å². The van der Waals surface area contributed by atoms with Crippen molar-refractivity contribution in [3.8, 4) is 28.1 Å². The molecule has 1 aliphatic heterocycles. The molecule has 6 aromatic rings. The molecule has 1 aromatic heterocycles. The summed E-state index contributed by atoms with van der Waals surface area (Å²) in [6, 6.07) is 40.9. The van der Waals surface area contributed by atoms with E-state index in [1.165, 1.54) is 22.8 Å². The fourth-order valence-electron chi connectivity index (χ4n) is 7.32. The summed E-state index contributed by atoms with van der Waals surface area (Å²) >= 11 is 0. The third-order valence-electron chi connectivity index (χ3n) is 10.3. The molecule has 10 nitrogen and oxygen atoms in total. The summed E-state index contributed by atoms with van der Waals surface area (Å²) in [7, 11) is -3.04. The van der Waals surface area contributed by atoms with Gasteiger partial charge in [0.05, 0.1) is 15.4 Å². The SMILES string of the molecule is CS(=O)(=NC(=O)OCC1c2ccccc2-c2ccccc21)c1ccc(COc2ccc(-c3cn(C(=O)NCC4CCN(c5ccccc5)C4)cn3)cc2)cc1. The predicted octanol–water partition coefficient (Wildman–Crippen LogP) is 8.62. The first-order valence-corrected chi connectivity index (χ1v) is 20.2. The molecule has 278 valence electrons. The largest absolute Gasteiger partial charge is 0.489 e. The average Bonchev–Trinajstić information content (AvgIpc) is 3.98. The molecule has 1 aliphatic carbocycles. The van der Waals surface area contributed by atoms with E-state index in [4.69, 9.17) is 9.47 Å². The van der Waals surface area contributed by atoms with Crippen LogP contribution in [0.5, 0.6) is 5.75 Å². The van der Waals surface area contributed by atoms with Crippen LogP contribution in [-0.2, 0) is 21.1 Å². The Morgan fingerprint density at radius 2 is 1.53 bits per heavy atom. The number of anilines is 1. The molecule has 2 unspecified atom stereocenters. The zero-order valence-corrected chi connectivity index (χ0v) is 31.2. The number of carbonyl (C=O) groups excluding carboxylic acids is 2. The second-order valence-corrected chi connectivity index (χ2v) is 16.2. The predicted molar refractivity (Wildman–Crippen MR) is 214 cm³/mol. The van der Waals surface area contributed by atoms with E-state index in [-0.39, 0.29) is 25.2 Å². The highest BCUT2D eigenvalue weighted by atomic mass is 32.2. The van der Waals surface area contributed by atoms with Crippen molar-refractivity contribution in [2.45, 2.75) is 23.8 Å². The number of hydrogen-bond acceptors (Lipinski definition) is 7. The number of imidazole rings is 1. The molecular formula is C44H41N5O5S. The Morgan fingerprint density at radius 1 is 0.855 bits per heavy atom. The molecule has 2 heterocycles. The number of carbonyl (C=O) groups is 2. The maximum atomic E-state index is 13.5. The third kappa shape index (κ3) is 8.02. The van der Waals surface area contributed by atoms with Crippen LogP contribution in [0.25, 0.3) is 22.4 Å². The van der Waals surface area contributed by atoms with E-state index in [2.05, 4.69) is 43.8 Å². The number of ether oxygens (including phenoxy) is 2. The Balaban J connectivity index is 0.811. The molecule has 11 heteroatoms. The smallest absolute Gasteiger partial charge is 0.442 e. The number of fused-ring (bicyclic) bond motifs is 3. The number of amides is 2. The summed E-state index contributed by atoms with van der Waals surface area (Å²) in [6.45, 7) is 2.91. The lowest BCUT2D eigenvalue weighted by Gasteiger charge is -2.18. The van der Waals surface area contributed by atoms with Crippen LogP contribution in [0.2, 0.25) is 0 Å². The number of nitrogens with zero attached hydrogens (tertiary/aromatic N) is 4. The summed E-state index contributed by atoms with van der Waals surface area (Å²) < 4.78 is 30.5. The van der Waals surface area contributed by atoms with Gasteiger partial charge in [-0.1, -0.05) is 78.9 Å². The fourth-order valence-corrected chi connectivity index (χ4v) is 8.40. The monoisotopic (exact) mass is 751 g/mol. The van der Waals surface area contributed by atoms with Crippen molar-refractivity contribution in [1.29, 1.82) is 0 Å². The molecule has 0 bridgehead atoms. The highest BCUT2D eigenvalue weighted by molar-refractivity contribution is 7.93. The van der Waals surface area contributed by atoms with Crippen molar-refractivity contribution in [3.05, 3.63) is 157 Å². The number of rotatable bonds is 10. The van der Waals surface area contributed by atoms with Crippen LogP contribution in [0, 0.1) is 5.92 Å². The number of nitrogens with one attached hydrogen (secondary N) is 1. The Hall–Kier alpha value is -6.20. The summed E-state index contributed by atoms with van der Waals surface area (Å²) in [4.78, 5) is 32.9. The highest BCUT2D eigenvalue weighted by Crippen LogP contribution is 2.44. The second kappa shape index (κ2) is 15.6. The first-order chi connectivity index (χ1) is 26.8. The van der Waals surface area contributed by atoms with E-state index in [0.29, 0.717) is 28.8 Å². The Morgan fingerprint density at radius 3 is 2.24 bits per heavy atom. The average molecular weight is 752 g/mol. The molecule has 1 N–H and O–H groups in total. The third-order valence-corrected chi connectivity index (χ3v) is 11.9. The first kappa shape index (κ1) is 35.8. The number of aromatic nitrogens is 2. The zero-order valence-electron chi connectivity index (χ0n) is 30.4. The van der Waals surface area contributed by atoms with Crippen molar-refractivity contribution in [1.82, 2.24) is 14.9 Å². The lowest BCUT2D eigenvalue weighted by atomic mass is 9.98. The number of para-hydroxylation sites is 1. The first-order valence-electron chi connectivity index (χ1n) is 18.3. The van der Waals surface area contributed by atoms with Crippen molar-refractivity contribution in [3.63, 3.8) is 0 Å². The maximum absolute atomic E-state index is 13.5. The van der Waals surface area contributed by atoms with Gasteiger partial charge in [-0.15, -0.1) is 4.36 Å². The van der Waals surface area contributed by atoms with Gasteiger partial charge in [0.25, 0.3) is 0 Å². The van der Waals surface area contributed by atoms with Gasteiger partial charge in [0.15, 0.2) is 0 Å². The van der Waals surface area contributed by atoms with Crippen LogP contribution in [0.1, 0.15) is 29.0 Å². The standard InChI is InChI=1S/C44H41N5O5S/c1-55(52,47-44(51)54-29-41-39-13-7-5-11-37(39)38-12-6-8-14-40(38)41)36-21-15-31(16-22-36)28-53-35-19-17-33(18-20-35)42-27-49(30-46-42)43(50)45-25-32-23-24-48(26-32)34-9-3-2-4-10-34/h2-22,27,30,32,41H,23-26,28-29H2,1H3,(H,45,50). The van der Waals surface area contributed by atoms with Gasteiger partial charge in [-0.3, -0.25) is 4.57 Å². The lowest BCUT2D eigenvalue weighted by molar-refractivity contribution is 0.154. The molecule has 0 spiro atoms. The van der Waals surface area contributed by atoms with Crippen LogP contribution >= 0.6 is 0 Å². The van der Waals surface area contributed by atoms with Gasteiger partial charge in [0, 0.05) is 54.2 Å². The van der Waals surface area contributed by atoms with E-state index < -0.39 is 15.8 Å². The van der Waals surface area contributed by atoms with E-state index in [0.717, 1.165) is 52.9 Å². The molecule has 1 fully saturated rings. The van der Waals surface area contributed by atoms with Crippen LogP contribution in [0.4, 0.5) is 15.3 Å². The molecule has 0 radical (unpaired) electrons. The molecule has 2 amide bonds. The summed E-state index contributed by atoms with van der Waals surface area (Å²) in [5.41, 5.74) is 8.08. The molecule has 8 rings (SSSR count). The summed E-state index contributed by atoms with van der Waals surface area (Å²) in [5, 5.41) is 3.05. The van der Waals surface area contributed by atoms with Gasteiger partial charge in [-0.2, -0.15) is 0 Å². The highest BCUT2D eigenvalue weighted by Gasteiger charge is 2.29. The van der Waals surface area contributed by atoms with Crippen LogP contribution in [-0.4, -0.2) is 58.4 Å². The molecule has 1 saturated heterocycles. The van der Waals surface area contributed by atoms with Gasteiger partial charge in [0.1, 0.15) is 25.3 Å². The van der Waals surface area contributed by atoms with Crippen molar-refractivity contribution < 1.29 is 23.3 Å². The van der Waals surface area contributed by atoms with Gasteiger partial charge >= 0.3 is 12.1 Å². The molecule has 5 aromatic carbocycles. The summed E-state index contributed by atoms with van der Waals surface area (Å²) in [5.74, 6) is 0.949. The van der Waals surface area contributed by atoms with Gasteiger partial charge in [-0.25, -0.2) is 18.8 Å². The number of hydrogen-bond donors (Lipinski definition) is 1. The van der Waals surface area contributed by atoms with Gasteiger partial charge < -0.3 is 19.7 Å². The number of benzene rings is 5. The van der Waals surface area contributed by atoms with Crippen molar-refractivity contribution in [2.24, 2.45) is 10.3 Å². The van der Waals surface area contributed by atoms with E-state index in [1.807, 2.05) is 91.0 Å².